The summed E-state index contributed by atoms with van der Waals surface area (Å²) in [6.07, 6.45) is 0. The van der Waals surface area contributed by atoms with Gasteiger partial charge in [-0.3, -0.25) is 10.1 Å². The highest BCUT2D eigenvalue weighted by Crippen LogP contribution is 2.28. The zero-order chi connectivity index (χ0) is 14.7. The first-order valence-electron chi connectivity index (χ1n) is 5.93. The second-order valence-electron chi connectivity index (χ2n) is 4.38. The zero-order valence-corrected chi connectivity index (χ0v) is 10.8. The van der Waals surface area contributed by atoms with Crippen molar-refractivity contribution in [1.82, 2.24) is 0 Å². The van der Waals surface area contributed by atoms with Crippen LogP contribution in [0.5, 0.6) is 5.75 Å². The van der Waals surface area contributed by atoms with Crippen LogP contribution in [-0.4, -0.2) is 10.0 Å². The molecule has 0 saturated heterocycles. The molecule has 0 bridgehead atoms. The topological polar surface area (TPSA) is 75.4 Å². The number of aryl methyl sites for hydroxylation is 1. The van der Waals surface area contributed by atoms with E-state index in [0.717, 1.165) is 11.6 Å². The fourth-order valence-corrected chi connectivity index (χ4v) is 1.84. The number of nitro groups is 1. The third-order valence-corrected chi connectivity index (χ3v) is 2.96. The number of hydrogen-bond donors (Lipinski definition) is 2. The number of anilines is 1. The Morgan fingerprint density at radius 3 is 2.75 bits per heavy atom. The molecule has 0 aliphatic heterocycles. The van der Waals surface area contributed by atoms with Gasteiger partial charge in [-0.2, -0.15) is 0 Å². The van der Waals surface area contributed by atoms with Crippen molar-refractivity contribution in [3.63, 3.8) is 0 Å². The molecule has 20 heavy (non-hydrogen) atoms. The molecular formula is C14H13FN2O3. The van der Waals surface area contributed by atoms with Gasteiger partial charge in [0.25, 0.3) is 5.69 Å². The molecule has 0 fully saturated rings. The number of benzene rings is 2. The fraction of sp³-hybridized carbons (Fsp3) is 0.143. The van der Waals surface area contributed by atoms with Crippen LogP contribution in [-0.2, 0) is 6.54 Å². The minimum atomic E-state index is -0.583. The highest BCUT2D eigenvalue weighted by atomic mass is 19.1. The molecule has 0 amide bonds. The van der Waals surface area contributed by atoms with Crippen LogP contribution in [0.1, 0.15) is 11.1 Å². The van der Waals surface area contributed by atoms with E-state index in [1.54, 1.807) is 6.07 Å². The number of rotatable bonds is 4. The third-order valence-electron chi connectivity index (χ3n) is 2.96. The molecule has 0 unspecified atom stereocenters. The summed E-state index contributed by atoms with van der Waals surface area (Å²) in [7, 11) is 0. The van der Waals surface area contributed by atoms with E-state index >= 15 is 0 Å². The van der Waals surface area contributed by atoms with Crippen LogP contribution in [0.25, 0.3) is 0 Å². The maximum absolute atomic E-state index is 13.2. The van der Waals surface area contributed by atoms with Gasteiger partial charge in [0.2, 0.25) is 0 Å². The first kappa shape index (κ1) is 13.8. The van der Waals surface area contributed by atoms with Crippen molar-refractivity contribution in [3.05, 3.63) is 63.5 Å². The fourth-order valence-electron chi connectivity index (χ4n) is 1.84. The summed E-state index contributed by atoms with van der Waals surface area (Å²) in [5.41, 5.74) is 1.66. The van der Waals surface area contributed by atoms with Crippen molar-refractivity contribution in [2.45, 2.75) is 13.5 Å². The molecule has 104 valence electrons. The Hall–Kier alpha value is -2.63. The summed E-state index contributed by atoms with van der Waals surface area (Å²) in [5.74, 6) is -0.531. The van der Waals surface area contributed by atoms with Crippen molar-refractivity contribution in [3.8, 4) is 5.75 Å². The minimum Gasteiger partial charge on any atom is -0.508 e. The Balaban J connectivity index is 2.23. The zero-order valence-electron chi connectivity index (χ0n) is 10.8. The molecule has 2 aromatic rings. The van der Waals surface area contributed by atoms with Gasteiger partial charge in [-0.1, -0.05) is 6.07 Å². The lowest BCUT2D eigenvalue weighted by molar-refractivity contribution is -0.384. The molecule has 0 aromatic heterocycles. The number of nitrogens with one attached hydrogen (secondary N) is 1. The Morgan fingerprint density at radius 2 is 2.05 bits per heavy atom. The van der Waals surface area contributed by atoms with Gasteiger partial charge in [0, 0.05) is 6.54 Å². The molecule has 0 aliphatic rings. The average molecular weight is 276 g/mol. The number of hydrogen-bond acceptors (Lipinski definition) is 4. The van der Waals surface area contributed by atoms with Gasteiger partial charge in [0.15, 0.2) is 0 Å². The number of aromatic hydroxyl groups is 1. The summed E-state index contributed by atoms with van der Waals surface area (Å²) in [6.45, 7) is 2.09. The van der Waals surface area contributed by atoms with E-state index < -0.39 is 4.92 Å². The Labute approximate surface area is 114 Å². The second-order valence-corrected chi connectivity index (χ2v) is 4.38. The Kier molecular flexibility index (Phi) is 3.84. The van der Waals surface area contributed by atoms with E-state index in [1.807, 2.05) is 6.92 Å². The molecule has 5 nitrogen and oxygen atoms in total. The lowest BCUT2D eigenvalue weighted by atomic mass is 10.1. The van der Waals surface area contributed by atoms with Gasteiger partial charge >= 0.3 is 0 Å². The van der Waals surface area contributed by atoms with Gasteiger partial charge in [-0.05, 0) is 42.3 Å². The summed E-state index contributed by atoms with van der Waals surface area (Å²) in [6, 6.07) is 8.24. The average Bonchev–Trinajstić information content (AvgIpc) is 2.40. The molecule has 0 radical (unpaired) electrons. The number of phenols is 1. The first-order chi connectivity index (χ1) is 9.47. The second kappa shape index (κ2) is 5.56. The molecule has 6 heteroatoms. The van der Waals surface area contributed by atoms with Crippen molar-refractivity contribution < 1.29 is 14.4 Å². The summed E-state index contributed by atoms with van der Waals surface area (Å²) < 4.78 is 13.2. The number of phenolic OH excluding ortho intramolecular Hbond substituents is 1. The van der Waals surface area contributed by atoms with E-state index in [0.29, 0.717) is 5.56 Å². The number of nitrogens with zero attached hydrogens (tertiary/aromatic N) is 1. The molecule has 0 aliphatic carbocycles. The van der Waals surface area contributed by atoms with E-state index in [1.165, 1.54) is 24.3 Å². The van der Waals surface area contributed by atoms with Crippen molar-refractivity contribution in [2.24, 2.45) is 0 Å². The van der Waals surface area contributed by atoms with Gasteiger partial charge in [-0.15, -0.1) is 0 Å². The highest BCUT2D eigenvalue weighted by molar-refractivity contribution is 5.63. The van der Waals surface area contributed by atoms with E-state index in [9.17, 15) is 19.6 Å². The molecule has 0 saturated carbocycles. The maximum Gasteiger partial charge on any atom is 0.296 e. The van der Waals surface area contributed by atoms with Crippen LogP contribution in [0.3, 0.4) is 0 Å². The first-order valence-corrected chi connectivity index (χ1v) is 5.93. The van der Waals surface area contributed by atoms with Crippen LogP contribution in [0.15, 0.2) is 36.4 Å². The Morgan fingerprint density at radius 1 is 1.30 bits per heavy atom. The Bertz CT molecular complexity index is 659. The third kappa shape index (κ3) is 3.03. The van der Waals surface area contributed by atoms with Crippen molar-refractivity contribution >= 4 is 11.4 Å². The van der Waals surface area contributed by atoms with Crippen molar-refractivity contribution in [2.75, 3.05) is 5.32 Å². The molecule has 2 aromatic carbocycles. The monoisotopic (exact) mass is 276 g/mol. The molecule has 2 rings (SSSR count). The van der Waals surface area contributed by atoms with E-state index in [2.05, 4.69) is 5.32 Å². The summed E-state index contributed by atoms with van der Waals surface area (Å²) in [4.78, 5) is 10.3. The minimum absolute atomic E-state index is 0.177. The lowest BCUT2D eigenvalue weighted by Gasteiger charge is -2.10. The lowest BCUT2D eigenvalue weighted by Crippen LogP contribution is -2.04. The van der Waals surface area contributed by atoms with E-state index in [-0.39, 0.29) is 29.5 Å². The van der Waals surface area contributed by atoms with Gasteiger partial charge < -0.3 is 10.4 Å². The normalized spacial score (nSPS) is 10.3. The highest BCUT2D eigenvalue weighted by Gasteiger charge is 2.14. The quantitative estimate of drug-likeness (QED) is 0.510. The molecule has 0 heterocycles. The van der Waals surface area contributed by atoms with Crippen molar-refractivity contribution in [1.29, 1.82) is 0 Å². The SMILES string of the molecule is Cc1ccc(F)cc1CNc1ccc(O)cc1[N+](=O)[O-]. The predicted octanol–water partition coefficient (Wildman–Crippen LogP) is 3.36. The van der Waals surface area contributed by atoms with Crippen LogP contribution >= 0.6 is 0 Å². The maximum atomic E-state index is 13.2. The summed E-state index contributed by atoms with van der Waals surface area (Å²) >= 11 is 0. The molecule has 2 N–H and O–H groups in total. The van der Waals surface area contributed by atoms with Crippen LogP contribution < -0.4 is 5.32 Å². The van der Waals surface area contributed by atoms with Crippen LogP contribution in [0, 0.1) is 22.9 Å². The number of nitro benzene ring substituents is 1. The molecule has 0 spiro atoms. The predicted molar refractivity (Wildman–Crippen MR) is 73.2 cm³/mol. The smallest absolute Gasteiger partial charge is 0.296 e. The largest absolute Gasteiger partial charge is 0.508 e. The summed E-state index contributed by atoms with van der Waals surface area (Å²) in [5, 5.41) is 23.1. The van der Waals surface area contributed by atoms with Crippen LogP contribution in [0.4, 0.5) is 15.8 Å². The number of halogens is 1. The van der Waals surface area contributed by atoms with E-state index in [4.69, 9.17) is 0 Å². The molecule has 0 atom stereocenters. The van der Waals surface area contributed by atoms with Gasteiger partial charge in [0.05, 0.1) is 11.0 Å². The van der Waals surface area contributed by atoms with Gasteiger partial charge in [-0.25, -0.2) is 4.39 Å². The standard InChI is InChI=1S/C14H13FN2O3/c1-9-2-3-11(15)6-10(9)8-16-13-5-4-12(18)7-14(13)17(19)20/h2-7,16,18H,8H2,1H3. The van der Waals surface area contributed by atoms with Gasteiger partial charge in [0.1, 0.15) is 17.3 Å². The molecular weight excluding hydrogens is 263 g/mol. The van der Waals surface area contributed by atoms with Crippen LogP contribution in [0.2, 0.25) is 0 Å².